The minimum Gasteiger partial charge on any atom is -0.474 e. The highest BCUT2D eigenvalue weighted by Gasteiger charge is 2.56. The molecule has 1 N–H and O–H groups in total. The zero-order valence-corrected chi connectivity index (χ0v) is 18.1. The molecule has 0 radical (unpaired) electrons. The van der Waals surface area contributed by atoms with E-state index in [9.17, 15) is 13.2 Å². The highest BCUT2D eigenvalue weighted by Crippen LogP contribution is 2.44. The summed E-state index contributed by atoms with van der Waals surface area (Å²) in [5, 5.41) is 0.757. The van der Waals surface area contributed by atoms with Crippen LogP contribution in [0.15, 0.2) is 41.7 Å². The minimum atomic E-state index is -3.75. The number of rotatable bonds is 9. The van der Waals surface area contributed by atoms with E-state index in [-0.39, 0.29) is 30.5 Å². The van der Waals surface area contributed by atoms with Crippen LogP contribution in [0.5, 0.6) is 5.88 Å². The lowest BCUT2D eigenvalue weighted by molar-refractivity contribution is 0.133. The van der Waals surface area contributed by atoms with Gasteiger partial charge < -0.3 is 14.0 Å². The van der Waals surface area contributed by atoms with E-state index in [0.29, 0.717) is 30.5 Å². The van der Waals surface area contributed by atoms with Gasteiger partial charge in [0.15, 0.2) is 5.82 Å². The van der Waals surface area contributed by atoms with Crippen LogP contribution >= 0.6 is 0 Å². The lowest BCUT2D eigenvalue weighted by Gasteiger charge is -2.19. The van der Waals surface area contributed by atoms with Gasteiger partial charge in [-0.05, 0) is 31.9 Å². The van der Waals surface area contributed by atoms with Crippen LogP contribution in [0.4, 0.5) is 5.82 Å². The van der Waals surface area contributed by atoms with Gasteiger partial charge in [-0.3, -0.25) is 14.5 Å². The molecule has 1 aliphatic carbocycles. The Balaban J connectivity index is 1.59. The number of hydrogen-bond acceptors (Lipinski definition) is 8. The Kier molecular flexibility index (Phi) is 5.63. The highest BCUT2D eigenvalue weighted by molar-refractivity contribution is 7.94. The first-order valence-electron chi connectivity index (χ1n) is 9.83. The zero-order valence-electron chi connectivity index (χ0n) is 17.2. The van der Waals surface area contributed by atoms with E-state index in [1.165, 1.54) is 23.2 Å². The number of anilines is 1. The summed E-state index contributed by atoms with van der Waals surface area (Å²) in [6.45, 7) is 2.49. The molecule has 1 aliphatic rings. The van der Waals surface area contributed by atoms with Crippen molar-refractivity contribution in [2.75, 3.05) is 17.9 Å². The van der Waals surface area contributed by atoms with E-state index in [0.717, 1.165) is 5.39 Å². The molecule has 0 atom stereocenters. The first-order valence-corrected chi connectivity index (χ1v) is 11.3. The van der Waals surface area contributed by atoms with Crippen LogP contribution in [0.3, 0.4) is 0 Å². The van der Waals surface area contributed by atoms with E-state index in [1.807, 2.05) is 6.92 Å². The summed E-state index contributed by atoms with van der Waals surface area (Å²) in [6, 6.07) is 3.53. The number of pyridine rings is 2. The molecular formula is C20H23N5O5S. The maximum absolute atomic E-state index is 12.9. The van der Waals surface area contributed by atoms with Crippen LogP contribution in [-0.4, -0.2) is 45.9 Å². The number of sulfonamides is 1. The third kappa shape index (κ3) is 4.10. The number of hydrogen-bond donors (Lipinski definition) is 1. The van der Waals surface area contributed by atoms with Crippen molar-refractivity contribution in [3.8, 4) is 5.88 Å². The molecule has 10 nitrogen and oxygen atoms in total. The van der Waals surface area contributed by atoms with Crippen LogP contribution in [0.2, 0.25) is 0 Å². The first-order chi connectivity index (χ1) is 14.9. The molecule has 3 aromatic rings. The van der Waals surface area contributed by atoms with Crippen molar-refractivity contribution in [1.29, 1.82) is 0 Å². The molecule has 1 fully saturated rings. The molecule has 164 valence electrons. The Morgan fingerprint density at radius 1 is 1.23 bits per heavy atom. The molecule has 0 aliphatic heterocycles. The summed E-state index contributed by atoms with van der Waals surface area (Å²) in [7, 11) is -2.12. The fourth-order valence-corrected chi connectivity index (χ4v) is 4.77. The fourth-order valence-electron chi connectivity index (χ4n) is 3.32. The van der Waals surface area contributed by atoms with Crippen LogP contribution in [0, 0.1) is 0 Å². The number of aromatic nitrogens is 4. The molecule has 3 aromatic heterocycles. The van der Waals surface area contributed by atoms with Gasteiger partial charge in [0, 0.05) is 43.2 Å². The Morgan fingerprint density at radius 2 is 2.03 bits per heavy atom. The molecule has 4 rings (SSSR count). The maximum atomic E-state index is 12.9. The Hall–Kier alpha value is -3.05. The Labute approximate surface area is 179 Å². The molecule has 0 unspecified atom stereocenters. The topological polar surface area (TPSA) is 125 Å². The predicted octanol–water partition coefficient (Wildman–Crippen LogP) is 1.61. The van der Waals surface area contributed by atoms with E-state index in [4.69, 9.17) is 9.47 Å². The van der Waals surface area contributed by atoms with Gasteiger partial charge in [0.05, 0.1) is 12.8 Å². The van der Waals surface area contributed by atoms with Gasteiger partial charge in [0.1, 0.15) is 16.9 Å². The normalized spacial score (nSPS) is 15.0. The number of nitrogens with zero attached hydrogens (tertiary/aromatic N) is 4. The quantitative estimate of drug-likeness (QED) is 0.527. The summed E-state index contributed by atoms with van der Waals surface area (Å²) in [5.74, 6) is 0.363. The number of nitrogens with one attached hydrogen (secondary N) is 1. The minimum absolute atomic E-state index is 0.0937. The molecule has 0 bridgehead atoms. The van der Waals surface area contributed by atoms with Crippen molar-refractivity contribution >= 4 is 26.7 Å². The number of fused-ring (bicyclic) bond motifs is 1. The summed E-state index contributed by atoms with van der Waals surface area (Å²) >= 11 is 0. The first kappa shape index (κ1) is 21.2. The summed E-state index contributed by atoms with van der Waals surface area (Å²) < 4.78 is 39.9. The molecule has 1 saturated carbocycles. The second-order valence-electron chi connectivity index (χ2n) is 7.39. The van der Waals surface area contributed by atoms with Gasteiger partial charge in [-0.15, -0.1) is 0 Å². The van der Waals surface area contributed by atoms with Crippen molar-refractivity contribution in [2.24, 2.45) is 7.05 Å². The number of ether oxygens (including phenoxy) is 2. The molecule has 31 heavy (non-hydrogen) atoms. The average Bonchev–Trinajstić information content (AvgIpc) is 3.56. The molecule has 0 spiro atoms. The average molecular weight is 446 g/mol. The molecule has 0 amide bonds. The van der Waals surface area contributed by atoms with Gasteiger partial charge in [0.2, 0.25) is 15.9 Å². The van der Waals surface area contributed by atoms with Crippen molar-refractivity contribution < 1.29 is 17.9 Å². The summed E-state index contributed by atoms with van der Waals surface area (Å²) in [5.41, 5.74) is 0.822. The zero-order chi connectivity index (χ0) is 22.1. The summed E-state index contributed by atoms with van der Waals surface area (Å²) in [6.07, 6.45) is 6.68. The SMILES string of the molecule is CCOCc1cc2ccnc(OCC3(S(=O)(=O)Nc4cnccn4)CC3)c2n(C)c1=O. The van der Waals surface area contributed by atoms with E-state index < -0.39 is 14.8 Å². The largest absolute Gasteiger partial charge is 0.474 e. The molecule has 0 aromatic carbocycles. The smallest absolute Gasteiger partial charge is 0.256 e. The lowest BCUT2D eigenvalue weighted by Crippen LogP contribution is -2.35. The van der Waals surface area contributed by atoms with Crippen LogP contribution < -0.4 is 15.0 Å². The number of aryl methyl sites for hydroxylation is 1. The van der Waals surface area contributed by atoms with E-state index in [1.54, 1.807) is 25.4 Å². The Bertz CT molecular complexity index is 1260. The van der Waals surface area contributed by atoms with Crippen molar-refractivity contribution in [3.05, 3.63) is 52.8 Å². The van der Waals surface area contributed by atoms with Gasteiger partial charge in [-0.2, -0.15) is 0 Å². The maximum Gasteiger partial charge on any atom is 0.256 e. The third-order valence-corrected chi connectivity index (χ3v) is 7.42. The van der Waals surface area contributed by atoms with Crippen molar-refractivity contribution in [1.82, 2.24) is 19.5 Å². The summed E-state index contributed by atoms with van der Waals surface area (Å²) in [4.78, 5) is 24.8. The standard InChI is InChI=1S/C20H23N5O5S/c1-3-29-12-15-10-14-4-7-23-18(17(14)25(2)19(15)26)30-13-20(5-6-20)31(27,28)24-16-11-21-8-9-22-16/h4,7-11H,3,5-6,12-13H2,1-2H3,(H,22,24). The monoisotopic (exact) mass is 445 g/mol. The fraction of sp³-hybridized carbons (Fsp3) is 0.400. The van der Waals surface area contributed by atoms with Gasteiger partial charge in [0.25, 0.3) is 5.56 Å². The molecule has 0 saturated heterocycles. The van der Waals surface area contributed by atoms with Gasteiger partial charge >= 0.3 is 0 Å². The van der Waals surface area contributed by atoms with Crippen LogP contribution in [-0.2, 0) is 28.4 Å². The van der Waals surface area contributed by atoms with Gasteiger partial charge in [-0.25, -0.2) is 18.4 Å². The Morgan fingerprint density at radius 3 is 2.71 bits per heavy atom. The van der Waals surface area contributed by atoms with E-state index >= 15 is 0 Å². The van der Waals surface area contributed by atoms with Gasteiger partial charge in [-0.1, -0.05) is 0 Å². The molecular weight excluding hydrogens is 422 g/mol. The van der Waals surface area contributed by atoms with Crippen molar-refractivity contribution in [3.63, 3.8) is 0 Å². The highest BCUT2D eigenvalue weighted by atomic mass is 32.2. The second kappa shape index (κ2) is 8.23. The van der Waals surface area contributed by atoms with Crippen LogP contribution in [0.25, 0.3) is 10.9 Å². The van der Waals surface area contributed by atoms with E-state index in [2.05, 4.69) is 19.7 Å². The third-order valence-electron chi connectivity index (χ3n) is 5.28. The molecule has 11 heteroatoms. The second-order valence-corrected chi connectivity index (χ2v) is 9.47. The molecule has 3 heterocycles. The predicted molar refractivity (Wildman–Crippen MR) is 114 cm³/mol. The van der Waals surface area contributed by atoms with Crippen LogP contribution in [0.1, 0.15) is 25.3 Å². The lowest BCUT2D eigenvalue weighted by atomic mass is 10.2. The van der Waals surface area contributed by atoms with Crippen molar-refractivity contribution in [2.45, 2.75) is 31.1 Å².